The fourth-order valence-electron chi connectivity index (χ4n) is 4.50. The standard InChI is InChI=1S/C24H21Cl2F3N2O5/c25-16-8-3-13(10-17(16)26)11-18(22(34)31-23-9-1-2-20(23)35-12-19(23)32)30-21(33)14-4-6-15(7-5-14)36-24(27,28)29/h3-8,10,18,20H,1-2,9,11-12H2,(H,30,33)(H,31,34). The molecule has 12 heteroatoms. The molecule has 3 atom stereocenters. The highest BCUT2D eigenvalue weighted by Crippen LogP contribution is 2.38. The SMILES string of the molecule is O=C(NC(Cc1ccc(Cl)c(Cl)c1)C(=O)NC12CCCC1OCC2=O)c1ccc(OC(F)(F)F)cc1. The fourth-order valence-corrected chi connectivity index (χ4v) is 4.82. The quantitative estimate of drug-likeness (QED) is 0.543. The summed E-state index contributed by atoms with van der Waals surface area (Å²) in [5, 5.41) is 5.99. The molecule has 2 aromatic rings. The number of benzene rings is 2. The first-order valence-electron chi connectivity index (χ1n) is 11.0. The van der Waals surface area contributed by atoms with E-state index in [1.165, 1.54) is 0 Å². The Morgan fingerprint density at radius 3 is 2.53 bits per heavy atom. The van der Waals surface area contributed by atoms with Gasteiger partial charge in [0.25, 0.3) is 5.91 Å². The molecule has 0 radical (unpaired) electrons. The minimum Gasteiger partial charge on any atom is -0.406 e. The Kier molecular flexibility index (Phi) is 7.49. The number of halogens is 5. The van der Waals surface area contributed by atoms with E-state index in [1.54, 1.807) is 18.2 Å². The third-order valence-corrected chi connectivity index (χ3v) is 6.98. The summed E-state index contributed by atoms with van der Waals surface area (Å²) in [6.45, 7) is -0.0961. The van der Waals surface area contributed by atoms with E-state index in [1.807, 2.05) is 0 Å². The maximum absolute atomic E-state index is 13.4. The summed E-state index contributed by atoms with van der Waals surface area (Å²) in [7, 11) is 0. The second-order valence-electron chi connectivity index (χ2n) is 8.63. The van der Waals surface area contributed by atoms with E-state index in [-0.39, 0.29) is 29.4 Å². The summed E-state index contributed by atoms with van der Waals surface area (Å²) < 4.78 is 46.6. The van der Waals surface area contributed by atoms with Gasteiger partial charge in [-0.15, -0.1) is 13.2 Å². The van der Waals surface area contributed by atoms with Gasteiger partial charge in [0.1, 0.15) is 23.9 Å². The Bertz CT molecular complexity index is 1180. The molecule has 2 aromatic carbocycles. The van der Waals surface area contributed by atoms with Gasteiger partial charge in [-0.1, -0.05) is 29.3 Å². The molecule has 36 heavy (non-hydrogen) atoms. The van der Waals surface area contributed by atoms with Crippen LogP contribution < -0.4 is 15.4 Å². The molecule has 3 unspecified atom stereocenters. The molecule has 192 valence electrons. The topological polar surface area (TPSA) is 93.7 Å². The van der Waals surface area contributed by atoms with Crippen LogP contribution in [0.5, 0.6) is 5.75 Å². The van der Waals surface area contributed by atoms with Crippen molar-refractivity contribution in [2.24, 2.45) is 0 Å². The van der Waals surface area contributed by atoms with Crippen molar-refractivity contribution < 1.29 is 37.0 Å². The number of fused-ring (bicyclic) bond motifs is 1. The fraction of sp³-hybridized carbons (Fsp3) is 0.375. The van der Waals surface area contributed by atoms with Crippen LogP contribution in [0.2, 0.25) is 10.0 Å². The van der Waals surface area contributed by atoms with Crippen molar-refractivity contribution in [3.05, 3.63) is 63.6 Å². The first-order chi connectivity index (χ1) is 17.0. The van der Waals surface area contributed by atoms with Gasteiger partial charge in [0.05, 0.1) is 16.1 Å². The monoisotopic (exact) mass is 544 g/mol. The number of carbonyl (C=O) groups is 3. The highest BCUT2D eigenvalue weighted by atomic mass is 35.5. The molecular formula is C24H21Cl2F3N2O5. The maximum Gasteiger partial charge on any atom is 0.573 e. The summed E-state index contributed by atoms with van der Waals surface area (Å²) in [4.78, 5) is 38.9. The zero-order valence-corrected chi connectivity index (χ0v) is 20.2. The molecule has 7 nitrogen and oxygen atoms in total. The number of carbonyl (C=O) groups excluding carboxylic acids is 3. The number of rotatable bonds is 7. The lowest BCUT2D eigenvalue weighted by Crippen LogP contribution is -2.60. The van der Waals surface area contributed by atoms with E-state index in [2.05, 4.69) is 15.4 Å². The van der Waals surface area contributed by atoms with E-state index < -0.39 is 41.6 Å². The minimum atomic E-state index is -4.87. The minimum absolute atomic E-state index is 0.00800. The van der Waals surface area contributed by atoms with Crippen molar-refractivity contribution in [2.75, 3.05) is 6.61 Å². The first kappa shape index (κ1) is 26.2. The van der Waals surface area contributed by atoms with Crippen molar-refractivity contribution >= 4 is 40.8 Å². The number of alkyl halides is 3. The number of amides is 2. The van der Waals surface area contributed by atoms with Crippen LogP contribution in [0.3, 0.4) is 0 Å². The largest absolute Gasteiger partial charge is 0.573 e. The molecule has 1 saturated heterocycles. The predicted octanol–water partition coefficient (Wildman–Crippen LogP) is 4.24. The molecule has 1 aliphatic heterocycles. The summed E-state index contributed by atoms with van der Waals surface area (Å²) in [6, 6.07) is 7.89. The van der Waals surface area contributed by atoms with Gasteiger partial charge in [0.2, 0.25) is 5.91 Å². The molecule has 4 rings (SSSR count). The van der Waals surface area contributed by atoms with Crippen LogP contribution in [-0.4, -0.2) is 48.3 Å². The zero-order valence-electron chi connectivity index (χ0n) is 18.7. The summed E-state index contributed by atoms with van der Waals surface area (Å²) in [5.41, 5.74) is -0.546. The van der Waals surface area contributed by atoms with Crippen molar-refractivity contribution in [3.63, 3.8) is 0 Å². The molecule has 0 aromatic heterocycles. The molecule has 2 aliphatic rings. The maximum atomic E-state index is 13.4. The lowest BCUT2D eigenvalue weighted by Gasteiger charge is -2.30. The summed E-state index contributed by atoms with van der Waals surface area (Å²) in [6.07, 6.45) is -3.53. The van der Waals surface area contributed by atoms with Gasteiger partial charge in [0.15, 0.2) is 5.78 Å². The molecule has 2 N–H and O–H groups in total. The lowest BCUT2D eigenvalue weighted by molar-refractivity contribution is -0.274. The summed E-state index contributed by atoms with van der Waals surface area (Å²) in [5.74, 6) is -2.02. The van der Waals surface area contributed by atoms with Crippen LogP contribution in [0.15, 0.2) is 42.5 Å². The second kappa shape index (κ2) is 10.3. The van der Waals surface area contributed by atoms with Crippen molar-refractivity contribution in [3.8, 4) is 5.75 Å². The van der Waals surface area contributed by atoms with Crippen LogP contribution in [0.4, 0.5) is 13.2 Å². The first-order valence-corrected chi connectivity index (χ1v) is 11.8. The highest BCUT2D eigenvalue weighted by molar-refractivity contribution is 6.42. The molecule has 1 saturated carbocycles. The highest BCUT2D eigenvalue weighted by Gasteiger charge is 2.55. The Morgan fingerprint density at radius 2 is 1.86 bits per heavy atom. The normalized spacial score (nSPS) is 22.1. The van der Waals surface area contributed by atoms with Gasteiger partial charge >= 0.3 is 6.36 Å². The predicted molar refractivity (Wildman–Crippen MR) is 124 cm³/mol. The number of hydrogen-bond acceptors (Lipinski definition) is 5. The van der Waals surface area contributed by atoms with E-state index in [9.17, 15) is 27.6 Å². The van der Waals surface area contributed by atoms with E-state index in [0.717, 1.165) is 24.3 Å². The van der Waals surface area contributed by atoms with Crippen LogP contribution in [0.1, 0.15) is 35.2 Å². The number of Topliss-reactive ketones (excluding diaryl/α,β-unsaturated/α-hetero) is 1. The molecule has 0 bridgehead atoms. The number of nitrogens with one attached hydrogen (secondary N) is 2. The molecule has 0 spiro atoms. The van der Waals surface area contributed by atoms with Crippen LogP contribution in [0, 0.1) is 0 Å². The molecule has 1 aliphatic carbocycles. The van der Waals surface area contributed by atoms with E-state index >= 15 is 0 Å². The number of hydrogen-bond donors (Lipinski definition) is 2. The lowest BCUT2D eigenvalue weighted by atomic mass is 9.91. The van der Waals surface area contributed by atoms with Crippen LogP contribution in [0.25, 0.3) is 0 Å². The number of ether oxygens (including phenoxy) is 2. The summed E-state index contributed by atoms with van der Waals surface area (Å²) >= 11 is 12.1. The van der Waals surface area contributed by atoms with Crippen LogP contribution >= 0.6 is 23.2 Å². The van der Waals surface area contributed by atoms with Crippen LogP contribution in [-0.2, 0) is 20.7 Å². The van der Waals surface area contributed by atoms with E-state index in [4.69, 9.17) is 27.9 Å². The molecule has 2 amide bonds. The van der Waals surface area contributed by atoms with Gasteiger partial charge in [0, 0.05) is 12.0 Å². The Balaban J connectivity index is 1.54. The second-order valence-corrected chi connectivity index (χ2v) is 9.44. The molecule has 1 heterocycles. The van der Waals surface area contributed by atoms with Crippen molar-refractivity contribution in [1.82, 2.24) is 10.6 Å². The van der Waals surface area contributed by atoms with Gasteiger partial charge in [-0.2, -0.15) is 0 Å². The third-order valence-electron chi connectivity index (χ3n) is 6.24. The Morgan fingerprint density at radius 1 is 1.14 bits per heavy atom. The van der Waals surface area contributed by atoms with Crippen molar-refractivity contribution in [1.29, 1.82) is 0 Å². The van der Waals surface area contributed by atoms with Gasteiger partial charge in [-0.05, 0) is 61.2 Å². The average molecular weight is 545 g/mol. The Labute approximate surface area is 214 Å². The molecular weight excluding hydrogens is 524 g/mol. The third kappa shape index (κ3) is 5.77. The van der Waals surface area contributed by atoms with Gasteiger partial charge < -0.3 is 20.1 Å². The van der Waals surface area contributed by atoms with Crippen molar-refractivity contribution in [2.45, 2.75) is 49.7 Å². The van der Waals surface area contributed by atoms with E-state index in [0.29, 0.717) is 29.8 Å². The smallest absolute Gasteiger partial charge is 0.406 e. The Hall–Kier alpha value is -2.82. The average Bonchev–Trinajstić information content (AvgIpc) is 3.34. The zero-order chi connectivity index (χ0) is 26.1. The molecule has 2 fully saturated rings. The van der Waals surface area contributed by atoms with Gasteiger partial charge in [-0.3, -0.25) is 14.4 Å². The van der Waals surface area contributed by atoms with Gasteiger partial charge in [-0.25, -0.2) is 0 Å². The number of ketones is 1.